The predicted molar refractivity (Wildman–Crippen MR) is 68.5 cm³/mol. The minimum atomic E-state index is -1.49. The van der Waals surface area contributed by atoms with Crippen LogP contribution in [-0.2, 0) is 15.3 Å². The molecule has 0 spiro atoms. The lowest BCUT2D eigenvalue weighted by Gasteiger charge is -2.10. The van der Waals surface area contributed by atoms with E-state index in [-0.39, 0.29) is 0 Å². The van der Waals surface area contributed by atoms with Crippen LogP contribution in [0.3, 0.4) is 0 Å². The third-order valence-electron chi connectivity index (χ3n) is 2.45. The molecule has 0 bridgehead atoms. The van der Waals surface area contributed by atoms with E-state index in [1.165, 1.54) is 0 Å². The third kappa shape index (κ3) is 2.33. The Morgan fingerprint density at radius 2 is 1.94 bits per heavy atom. The van der Waals surface area contributed by atoms with Gasteiger partial charge in [-0.3, -0.25) is 4.18 Å². The quantitative estimate of drug-likeness (QED) is 0.837. The lowest BCUT2D eigenvalue weighted by Crippen LogP contribution is -2.01. The molecule has 0 saturated carbocycles. The molecule has 0 radical (unpaired) electrons. The summed E-state index contributed by atoms with van der Waals surface area (Å²) >= 11 is -1.49. The monoisotopic (exact) mass is 250 g/mol. The van der Waals surface area contributed by atoms with Gasteiger partial charge in [-0.15, -0.1) is 0 Å². The molecule has 0 saturated heterocycles. The largest absolute Gasteiger partial charge is 0.495 e. The topological polar surface area (TPSA) is 35.5 Å². The van der Waals surface area contributed by atoms with Crippen molar-refractivity contribution in [1.82, 2.24) is 0 Å². The second-order valence-corrected chi connectivity index (χ2v) is 4.57. The average molecular weight is 250 g/mol. The van der Waals surface area contributed by atoms with Crippen LogP contribution in [0.1, 0.15) is 6.92 Å². The molecule has 2 aromatic rings. The van der Waals surface area contributed by atoms with Crippen molar-refractivity contribution in [2.75, 3.05) is 13.7 Å². The fourth-order valence-corrected chi connectivity index (χ4v) is 2.73. The van der Waals surface area contributed by atoms with Gasteiger partial charge in [-0.25, -0.2) is 4.21 Å². The first-order chi connectivity index (χ1) is 8.27. The predicted octanol–water partition coefficient (Wildman–Crippen LogP) is 2.91. The SMILES string of the molecule is CCOS(=O)c1c(OC)ccc2ccccc12. The maximum absolute atomic E-state index is 12.0. The Morgan fingerprint density at radius 3 is 2.65 bits per heavy atom. The van der Waals surface area contributed by atoms with Gasteiger partial charge in [0.1, 0.15) is 10.6 Å². The number of hydrogen-bond donors (Lipinski definition) is 0. The van der Waals surface area contributed by atoms with E-state index in [1.807, 2.05) is 43.3 Å². The summed E-state index contributed by atoms with van der Waals surface area (Å²) in [6.45, 7) is 2.22. The highest BCUT2D eigenvalue weighted by Gasteiger charge is 2.15. The summed E-state index contributed by atoms with van der Waals surface area (Å²) in [5, 5.41) is 1.93. The van der Waals surface area contributed by atoms with Crippen molar-refractivity contribution >= 4 is 21.9 Å². The van der Waals surface area contributed by atoms with Crippen molar-refractivity contribution in [3.05, 3.63) is 36.4 Å². The lowest BCUT2D eigenvalue weighted by molar-refractivity contribution is 0.365. The molecule has 1 unspecified atom stereocenters. The van der Waals surface area contributed by atoms with Crippen molar-refractivity contribution in [2.24, 2.45) is 0 Å². The van der Waals surface area contributed by atoms with Crippen LogP contribution in [-0.4, -0.2) is 17.9 Å². The first-order valence-electron chi connectivity index (χ1n) is 5.38. The Hall–Kier alpha value is -1.39. The normalized spacial score (nSPS) is 12.6. The van der Waals surface area contributed by atoms with Gasteiger partial charge < -0.3 is 4.74 Å². The van der Waals surface area contributed by atoms with E-state index in [0.29, 0.717) is 17.3 Å². The minimum absolute atomic E-state index is 0.402. The van der Waals surface area contributed by atoms with E-state index in [1.54, 1.807) is 7.11 Å². The molecule has 17 heavy (non-hydrogen) atoms. The summed E-state index contributed by atoms with van der Waals surface area (Å²) in [5.41, 5.74) is 0. The molecule has 0 amide bonds. The zero-order valence-electron chi connectivity index (χ0n) is 9.80. The van der Waals surface area contributed by atoms with Crippen LogP contribution in [0.2, 0.25) is 0 Å². The molecule has 2 rings (SSSR count). The second kappa shape index (κ2) is 5.29. The van der Waals surface area contributed by atoms with Crippen LogP contribution in [0.5, 0.6) is 5.75 Å². The molecule has 3 nitrogen and oxygen atoms in total. The molecule has 0 fully saturated rings. The zero-order valence-corrected chi connectivity index (χ0v) is 10.6. The van der Waals surface area contributed by atoms with Gasteiger partial charge in [0.25, 0.3) is 0 Å². The van der Waals surface area contributed by atoms with Crippen molar-refractivity contribution < 1.29 is 13.1 Å². The maximum atomic E-state index is 12.0. The lowest BCUT2D eigenvalue weighted by atomic mass is 10.1. The van der Waals surface area contributed by atoms with E-state index in [0.717, 1.165) is 10.8 Å². The molecule has 2 aromatic carbocycles. The molecule has 0 aliphatic carbocycles. The van der Waals surface area contributed by atoms with Crippen LogP contribution in [0, 0.1) is 0 Å². The first kappa shape index (κ1) is 12.1. The van der Waals surface area contributed by atoms with E-state index >= 15 is 0 Å². The number of ether oxygens (including phenoxy) is 1. The Balaban J connectivity index is 2.67. The van der Waals surface area contributed by atoms with Gasteiger partial charge in [0, 0.05) is 5.39 Å². The van der Waals surface area contributed by atoms with Crippen molar-refractivity contribution in [3.8, 4) is 5.75 Å². The van der Waals surface area contributed by atoms with Gasteiger partial charge in [0.05, 0.1) is 13.7 Å². The number of methoxy groups -OCH3 is 1. The molecule has 0 aliphatic rings. The fourth-order valence-electron chi connectivity index (χ4n) is 1.72. The van der Waals surface area contributed by atoms with Crippen LogP contribution in [0.15, 0.2) is 41.3 Å². The summed E-state index contributed by atoms with van der Waals surface area (Å²) in [4.78, 5) is 0.604. The van der Waals surface area contributed by atoms with Gasteiger partial charge in [-0.1, -0.05) is 30.3 Å². The van der Waals surface area contributed by atoms with Crippen LogP contribution in [0.25, 0.3) is 10.8 Å². The number of hydrogen-bond acceptors (Lipinski definition) is 3. The maximum Gasteiger partial charge on any atom is 0.193 e. The van der Waals surface area contributed by atoms with E-state index in [4.69, 9.17) is 8.92 Å². The zero-order chi connectivity index (χ0) is 12.3. The smallest absolute Gasteiger partial charge is 0.193 e. The van der Waals surface area contributed by atoms with Gasteiger partial charge >= 0.3 is 0 Å². The van der Waals surface area contributed by atoms with Crippen molar-refractivity contribution in [3.63, 3.8) is 0 Å². The Labute approximate surface area is 103 Å². The average Bonchev–Trinajstić information content (AvgIpc) is 2.37. The summed E-state index contributed by atoms with van der Waals surface area (Å²) in [5.74, 6) is 0.593. The molecule has 0 heterocycles. The highest BCUT2D eigenvalue weighted by Crippen LogP contribution is 2.31. The Kier molecular flexibility index (Phi) is 3.76. The molecule has 90 valence electrons. The standard InChI is InChI=1S/C13H14O3S/c1-3-16-17(14)13-11-7-5-4-6-10(11)8-9-12(13)15-2/h4-9H,3H2,1-2H3. The van der Waals surface area contributed by atoms with E-state index in [9.17, 15) is 4.21 Å². The van der Waals surface area contributed by atoms with Gasteiger partial charge in [0.2, 0.25) is 0 Å². The van der Waals surface area contributed by atoms with Crippen LogP contribution < -0.4 is 4.74 Å². The van der Waals surface area contributed by atoms with E-state index < -0.39 is 11.1 Å². The third-order valence-corrected chi connectivity index (χ3v) is 3.66. The fraction of sp³-hybridized carbons (Fsp3) is 0.231. The van der Waals surface area contributed by atoms with E-state index in [2.05, 4.69) is 0 Å². The highest BCUT2D eigenvalue weighted by molar-refractivity contribution is 7.80. The van der Waals surface area contributed by atoms with Crippen molar-refractivity contribution in [2.45, 2.75) is 11.8 Å². The number of rotatable bonds is 4. The van der Waals surface area contributed by atoms with Gasteiger partial charge in [-0.2, -0.15) is 0 Å². The minimum Gasteiger partial charge on any atom is -0.495 e. The second-order valence-electron chi connectivity index (χ2n) is 3.46. The summed E-state index contributed by atoms with van der Waals surface area (Å²) in [6, 6.07) is 11.5. The number of fused-ring (bicyclic) bond motifs is 1. The molecular weight excluding hydrogens is 236 g/mol. The first-order valence-corrected chi connectivity index (χ1v) is 6.46. The number of benzene rings is 2. The molecule has 0 aliphatic heterocycles. The van der Waals surface area contributed by atoms with Crippen LogP contribution >= 0.6 is 0 Å². The highest BCUT2D eigenvalue weighted by atomic mass is 32.2. The van der Waals surface area contributed by atoms with Crippen molar-refractivity contribution in [1.29, 1.82) is 0 Å². The van der Waals surface area contributed by atoms with Gasteiger partial charge in [-0.05, 0) is 18.4 Å². The summed E-state index contributed by atoms with van der Waals surface area (Å²) in [7, 11) is 1.57. The molecule has 1 atom stereocenters. The summed E-state index contributed by atoms with van der Waals surface area (Å²) in [6.07, 6.45) is 0. The Bertz CT molecular complexity index is 551. The Morgan fingerprint density at radius 1 is 1.18 bits per heavy atom. The molecular formula is C13H14O3S. The molecule has 0 N–H and O–H groups in total. The van der Waals surface area contributed by atoms with Crippen LogP contribution in [0.4, 0.5) is 0 Å². The van der Waals surface area contributed by atoms with Gasteiger partial charge in [0.15, 0.2) is 11.1 Å². The molecule has 4 heteroatoms. The summed E-state index contributed by atoms with van der Waals surface area (Å²) < 4.78 is 22.5. The molecule has 0 aromatic heterocycles.